The van der Waals surface area contributed by atoms with Crippen molar-refractivity contribution in [2.45, 2.75) is 72.3 Å². The van der Waals surface area contributed by atoms with Crippen LogP contribution in [0.15, 0.2) is 11.1 Å². The molecular formula is C22H30N2O4S. The maximum atomic E-state index is 13.1. The zero-order valence-electron chi connectivity index (χ0n) is 17.6. The lowest BCUT2D eigenvalue weighted by Gasteiger charge is -2.29. The van der Waals surface area contributed by atoms with E-state index in [1.54, 1.807) is 0 Å². The summed E-state index contributed by atoms with van der Waals surface area (Å²) in [6.07, 6.45) is 5.05. The number of allylic oxidation sites excluding steroid dienone is 2. The minimum absolute atomic E-state index is 0.153. The Morgan fingerprint density at radius 2 is 1.55 bits per heavy atom. The van der Waals surface area contributed by atoms with Gasteiger partial charge in [0.1, 0.15) is 5.00 Å². The molecule has 2 amide bonds. The van der Waals surface area contributed by atoms with Gasteiger partial charge in [0.2, 0.25) is 5.91 Å². The van der Waals surface area contributed by atoms with Gasteiger partial charge in [-0.3, -0.25) is 14.4 Å². The molecule has 0 aromatic carbocycles. The number of hydrogen-bond donors (Lipinski definition) is 3. The van der Waals surface area contributed by atoms with Crippen molar-refractivity contribution in [1.82, 2.24) is 5.32 Å². The van der Waals surface area contributed by atoms with Crippen LogP contribution in [0.3, 0.4) is 0 Å². The van der Waals surface area contributed by atoms with Crippen LogP contribution < -0.4 is 10.6 Å². The quantitative estimate of drug-likeness (QED) is 0.617. The van der Waals surface area contributed by atoms with Crippen LogP contribution in [0, 0.1) is 25.7 Å². The van der Waals surface area contributed by atoms with Crippen LogP contribution >= 0.6 is 11.3 Å². The molecule has 0 spiro atoms. The molecule has 3 rings (SSSR count). The summed E-state index contributed by atoms with van der Waals surface area (Å²) < 4.78 is 0. The first-order valence-electron chi connectivity index (χ1n) is 10.3. The summed E-state index contributed by atoms with van der Waals surface area (Å²) in [5.41, 5.74) is 3.49. The molecule has 2 aliphatic carbocycles. The second kappa shape index (κ2) is 8.69. The highest BCUT2D eigenvalue weighted by Gasteiger charge is 2.38. The minimum atomic E-state index is -0.949. The third-order valence-corrected chi connectivity index (χ3v) is 7.58. The van der Waals surface area contributed by atoms with Crippen molar-refractivity contribution in [2.75, 3.05) is 5.32 Å². The molecule has 29 heavy (non-hydrogen) atoms. The number of carbonyl (C=O) groups excluding carboxylic acids is 2. The Morgan fingerprint density at radius 3 is 2.14 bits per heavy atom. The Balaban J connectivity index is 1.82. The van der Waals surface area contributed by atoms with Gasteiger partial charge in [0.05, 0.1) is 17.4 Å². The first-order valence-corrected chi connectivity index (χ1v) is 11.1. The predicted molar refractivity (Wildman–Crippen MR) is 114 cm³/mol. The molecule has 1 aromatic rings. The van der Waals surface area contributed by atoms with Crippen molar-refractivity contribution >= 4 is 34.1 Å². The molecule has 2 atom stereocenters. The summed E-state index contributed by atoms with van der Waals surface area (Å²) in [5, 5.41) is 16.1. The molecule has 1 fully saturated rings. The fourth-order valence-electron chi connectivity index (χ4n) is 4.35. The van der Waals surface area contributed by atoms with Crippen LogP contribution in [0.2, 0.25) is 0 Å². The molecule has 0 aliphatic heterocycles. The normalized spacial score (nSPS) is 22.6. The average molecular weight is 419 g/mol. The predicted octanol–water partition coefficient (Wildman–Crippen LogP) is 4.42. The van der Waals surface area contributed by atoms with Gasteiger partial charge in [-0.2, -0.15) is 0 Å². The highest BCUT2D eigenvalue weighted by molar-refractivity contribution is 7.16. The van der Waals surface area contributed by atoms with Gasteiger partial charge in [0.15, 0.2) is 0 Å². The van der Waals surface area contributed by atoms with Crippen molar-refractivity contribution in [3.8, 4) is 0 Å². The van der Waals surface area contributed by atoms with Gasteiger partial charge in [0.25, 0.3) is 5.91 Å². The van der Waals surface area contributed by atoms with Crippen molar-refractivity contribution in [3.63, 3.8) is 0 Å². The first kappa shape index (κ1) is 21.6. The minimum Gasteiger partial charge on any atom is -0.481 e. The maximum absolute atomic E-state index is 13.1. The van der Waals surface area contributed by atoms with E-state index in [0.29, 0.717) is 23.4 Å². The number of carboxylic acids is 1. The Morgan fingerprint density at radius 1 is 0.966 bits per heavy atom. The third kappa shape index (κ3) is 4.55. The number of carboxylic acid groups (broad SMARTS) is 1. The van der Waals surface area contributed by atoms with Crippen LogP contribution in [0.5, 0.6) is 0 Å². The molecule has 7 heteroatoms. The van der Waals surface area contributed by atoms with Crippen LogP contribution in [0.25, 0.3) is 0 Å². The molecule has 0 unspecified atom stereocenters. The van der Waals surface area contributed by atoms with Gasteiger partial charge in [0, 0.05) is 10.9 Å². The van der Waals surface area contributed by atoms with E-state index in [1.165, 1.54) is 11.3 Å². The average Bonchev–Trinajstić information content (AvgIpc) is 3.25. The van der Waals surface area contributed by atoms with E-state index in [0.717, 1.165) is 47.3 Å². The number of nitrogens with one attached hydrogen (secondary N) is 2. The summed E-state index contributed by atoms with van der Waals surface area (Å²) >= 11 is 1.38. The van der Waals surface area contributed by atoms with Crippen LogP contribution in [-0.4, -0.2) is 28.9 Å². The van der Waals surface area contributed by atoms with Gasteiger partial charge in [-0.05, 0) is 58.9 Å². The van der Waals surface area contributed by atoms with Gasteiger partial charge >= 0.3 is 5.97 Å². The van der Waals surface area contributed by atoms with E-state index in [2.05, 4.69) is 10.6 Å². The largest absolute Gasteiger partial charge is 0.481 e. The molecule has 158 valence electrons. The molecule has 0 radical (unpaired) electrons. The van der Waals surface area contributed by atoms with E-state index in [1.807, 2.05) is 27.7 Å². The first-order chi connectivity index (χ1) is 13.7. The maximum Gasteiger partial charge on any atom is 0.307 e. The molecule has 0 bridgehead atoms. The van der Waals surface area contributed by atoms with Crippen molar-refractivity contribution in [3.05, 3.63) is 27.2 Å². The van der Waals surface area contributed by atoms with E-state index >= 15 is 0 Å². The number of aryl methyl sites for hydroxylation is 1. The summed E-state index contributed by atoms with van der Waals surface area (Å²) in [7, 11) is 0. The second-order valence-corrected chi connectivity index (χ2v) is 9.68. The van der Waals surface area contributed by atoms with Crippen molar-refractivity contribution < 1.29 is 19.5 Å². The van der Waals surface area contributed by atoms with Crippen LogP contribution in [0.4, 0.5) is 5.00 Å². The number of anilines is 1. The topological polar surface area (TPSA) is 95.5 Å². The number of aliphatic carboxylic acids is 1. The van der Waals surface area contributed by atoms with Crippen LogP contribution in [0.1, 0.15) is 73.2 Å². The van der Waals surface area contributed by atoms with Crippen LogP contribution in [-0.2, 0) is 9.59 Å². The number of thiophene rings is 1. The molecule has 2 aliphatic rings. The molecule has 1 heterocycles. The number of amides is 2. The van der Waals surface area contributed by atoms with Gasteiger partial charge < -0.3 is 15.7 Å². The zero-order chi connectivity index (χ0) is 21.3. The number of rotatable bonds is 5. The Kier molecular flexibility index (Phi) is 6.46. The van der Waals surface area contributed by atoms with E-state index in [9.17, 15) is 19.5 Å². The highest BCUT2D eigenvalue weighted by Crippen LogP contribution is 2.37. The van der Waals surface area contributed by atoms with E-state index in [4.69, 9.17) is 0 Å². The lowest BCUT2D eigenvalue weighted by Crippen LogP contribution is -2.37. The molecule has 1 aromatic heterocycles. The lowest BCUT2D eigenvalue weighted by molar-refractivity contribution is -0.146. The smallest absolute Gasteiger partial charge is 0.307 e. The SMILES string of the molecule is CC1=C(C)C[C@@H](C(=O)Nc2sc(C)c(C)c2C(=O)NC2CCCC2)[C@@H](C(=O)O)C1. The van der Waals surface area contributed by atoms with Gasteiger partial charge in [-0.15, -0.1) is 11.3 Å². The summed E-state index contributed by atoms with van der Waals surface area (Å²) in [4.78, 5) is 38.7. The number of hydrogen-bond acceptors (Lipinski definition) is 4. The summed E-state index contributed by atoms with van der Waals surface area (Å²) in [6.45, 7) is 7.70. The van der Waals surface area contributed by atoms with Gasteiger partial charge in [-0.1, -0.05) is 24.0 Å². The summed E-state index contributed by atoms with van der Waals surface area (Å²) in [5.74, 6) is -2.80. The van der Waals surface area contributed by atoms with E-state index in [-0.39, 0.29) is 17.9 Å². The fourth-order valence-corrected chi connectivity index (χ4v) is 5.41. The molecular weight excluding hydrogens is 388 g/mol. The number of carbonyl (C=O) groups is 3. The standard InChI is InChI=1S/C22H30N2O4S/c1-11-9-16(17(22(27)28)10-12(11)2)19(25)24-21-18(13(3)14(4)29-21)20(26)23-15-7-5-6-8-15/h15-17H,5-10H2,1-4H3,(H,23,26)(H,24,25)(H,27,28)/t16-,17+/m1/s1. The monoisotopic (exact) mass is 418 g/mol. The highest BCUT2D eigenvalue weighted by atomic mass is 32.1. The fraction of sp³-hybridized carbons (Fsp3) is 0.591. The van der Waals surface area contributed by atoms with E-state index < -0.39 is 17.8 Å². The van der Waals surface area contributed by atoms with Crippen molar-refractivity contribution in [1.29, 1.82) is 0 Å². The zero-order valence-corrected chi connectivity index (χ0v) is 18.4. The van der Waals surface area contributed by atoms with Gasteiger partial charge in [-0.25, -0.2) is 0 Å². The Hall–Kier alpha value is -2.15. The van der Waals surface area contributed by atoms with Crippen molar-refractivity contribution in [2.24, 2.45) is 11.8 Å². The molecule has 1 saturated carbocycles. The second-order valence-electron chi connectivity index (χ2n) is 8.45. The lowest BCUT2D eigenvalue weighted by atomic mass is 9.76. The Bertz CT molecular complexity index is 864. The molecule has 0 saturated heterocycles. The molecule has 3 N–H and O–H groups in total. The summed E-state index contributed by atoms with van der Waals surface area (Å²) in [6, 6.07) is 0.191. The third-order valence-electron chi connectivity index (χ3n) is 6.46. The Labute approximate surface area is 175 Å². The molecule has 6 nitrogen and oxygen atoms in total.